The molecule has 0 radical (unpaired) electrons. The van der Waals surface area contributed by atoms with Crippen LogP contribution in [0.15, 0.2) is 47.3 Å². The monoisotopic (exact) mass is 493 g/mol. The van der Waals surface area contributed by atoms with Gasteiger partial charge >= 0.3 is 0 Å². The number of nitrogens with zero attached hydrogens (tertiary/aromatic N) is 2. The molecule has 0 spiro atoms. The van der Waals surface area contributed by atoms with Crippen LogP contribution in [-0.4, -0.2) is 34.5 Å². The summed E-state index contributed by atoms with van der Waals surface area (Å²) in [5.41, 5.74) is 1.16. The smallest absolute Gasteiger partial charge is 0.261 e. The summed E-state index contributed by atoms with van der Waals surface area (Å²) in [6.45, 7) is 6.26. The Kier molecular flexibility index (Phi) is 6.93. The molecule has 1 aliphatic heterocycles. The van der Waals surface area contributed by atoms with Crippen molar-refractivity contribution < 1.29 is 13.6 Å². The van der Waals surface area contributed by atoms with Gasteiger partial charge in [-0.15, -0.1) is 0 Å². The molecule has 0 unspecified atom stereocenters. The minimum absolute atomic E-state index is 0.0537. The SMILES string of the molecule is CCCN1CCC[C@@H]1Cn1c(C)c(C(=O)N[C@H](c2cccc(F)c2)C2CC2)c2cccc(F)c2c1=O. The van der Waals surface area contributed by atoms with Crippen molar-refractivity contribution in [1.29, 1.82) is 0 Å². The molecule has 2 aromatic carbocycles. The predicted molar refractivity (Wildman–Crippen MR) is 137 cm³/mol. The molecule has 3 aromatic rings. The van der Waals surface area contributed by atoms with Crippen molar-refractivity contribution in [3.63, 3.8) is 0 Å². The fourth-order valence-electron chi connectivity index (χ4n) is 5.78. The van der Waals surface area contributed by atoms with Crippen LogP contribution in [-0.2, 0) is 6.54 Å². The van der Waals surface area contributed by atoms with Crippen LogP contribution in [0.5, 0.6) is 0 Å². The molecular weight excluding hydrogens is 460 g/mol. The molecule has 5 nitrogen and oxygen atoms in total. The number of amides is 1. The zero-order valence-electron chi connectivity index (χ0n) is 20.9. The molecule has 36 heavy (non-hydrogen) atoms. The van der Waals surface area contributed by atoms with E-state index in [0.29, 0.717) is 28.8 Å². The van der Waals surface area contributed by atoms with Crippen molar-refractivity contribution in [2.75, 3.05) is 13.1 Å². The van der Waals surface area contributed by atoms with E-state index in [4.69, 9.17) is 0 Å². The summed E-state index contributed by atoms with van der Waals surface area (Å²) in [7, 11) is 0. The molecule has 1 N–H and O–H groups in total. The molecule has 2 fully saturated rings. The Hall–Kier alpha value is -3.06. The van der Waals surface area contributed by atoms with Crippen LogP contribution in [0, 0.1) is 24.5 Å². The van der Waals surface area contributed by atoms with Gasteiger partial charge in [-0.25, -0.2) is 8.78 Å². The number of benzene rings is 2. The van der Waals surface area contributed by atoms with E-state index in [-0.39, 0.29) is 35.1 Å². The highest BCUT2D eigenvalue weighted by Crippen LogP contribution is 2.41. The lowest BCUT2D eigenvalue weighted by Gasteiger charge is -2.27. The molecular formula is C29H33F2N3O2. The minimum Gasteiger partial charge on any atom is -0.345 e. The van der Waals surface area contributed by atoms with Gasteiger partial charge in [0, 0.05) is 23.7 Å². The van der Waals surface area contributed by atoms with Gasteiger partial charge in [0.1, 0.15) is 11.6 Å². The van der Waals surface area contributed by atoms with Crippen LogP contribution in [0.3, 0.4) is 0 Å². The average Bonchev–Trinajstić information content (AvgIpc) is 3.60. The normalized spacial score (nSPS) is 19.1. The standard InChI is InChI=1S/C29H33F2N3O2/c1-3-14-33-15-6-9-22(33)17-34-18(2)25(23-10-5-11-24(31)26(23)29(34)36)28(35)32-27(19-12-13-19)20-7-4-8-21(30)16-20/h4-5,7-8,10-11,16,19,22,27H,3,6,9,12-15,17H2,1-2H3,(H,32,35)/t22-,27+/m1/s1. The van der Waals surface area contributed by atoms with Gasteiger partial charge in [-0.3, -0.25) is 14.5 Å². The van der Waals surface area contributed by atoms with Crippen LogP contribution >= 0.6 is 0 Å². The van der Waals surface area contributed by atoms with Crippen LogP contribution in [0.4, 0.5) is 8.78 Å². The van der Waals surface area contributed by atoms with E-state index in [1.165, 1.54) is 24.3 Å². The van der Waals surface area contributed by atoms with Gasteiger partial charge < -0.3 is 9.88 Å². The molecule has 1 aromatic heterocycles. The molecule has 5 rings (SSSR count). The molecule has 2 aliphatic rings. The maximum atomic E-state index is 15.0. The first-order valence-electron chi connectivity index (χ1n) is 13.0. The lowest BCUT2D eigenvalue weighted by atomic mass is 9.99. The van der Waals surface area contributed by atoms with E-state index in [2.05, 4.69) is 17.1 Å². The number of nitrogens with one attached hydrogen (secondary N) is 1. The fraction of sp³-hybridized carbons (Fsp3) is 0.448. The molecule has 0 bridgehead atoms. The first-order chi connectivity index (χ1) is 17.4. The van der Waals surface area contributed by atoms with Crippen molar-refractivity contribution in [2.45, 2.75) is 64.6 Å². The number of likely N-dealkylation sites (tertiary alicyclic amines) is 1. The number of carbonyl (C=O) groups excluding carboxylic acids is 1. The topological polar surface area (TPSA) is 54.3 Å². The first-order valence-corrected chi connectivity index (χ1v) is 13.0. The van der Waals surface area contributed by atoms with Gasteiger partial charge in [0.15, 0.2) is 0 Å². The van der Waals surface area contributed by atoms with Crippen molar-refractivity contribution in [3.8, 4) is 0 Å². The summed E-state index contributed by atoms with van der Waals surface area (Å²) in [6.07, 6.45) is 4.94. The summed E-state index contributed by atoms with van der Waals surface area (Å²) >= 11 is 0. The van der Waals surface area contributed by atoms with E-state index in [1.807, 2.05) is 6.07 Å². The third kappa shape index (κ3) is 4.69. The predicted octanol–water partition coefficient (Wildman–Crippen LogP) is 5.34. The summed E-state index contributed by atoms with van der Waals surface area (Å²) in [5, 5.41) is 3.37. The maximum absolute atomic E-state index is 15.0. The van der Waals surface area contributed by atoms with Gasteiger partial charge in [-0.05, 0) is 81.8 Å². The third-order valence-corrected chi connectivity index (χ3v) is 7.73. The summed E-state index contributed by atoms with van der Waals surface area (Å²) in [6, 6.07) is 10.6. The molecule has 1 aliphatic carbocycles. The van der Waals surface area contributed by atoms with Gasteiger partial charge in [0.25, 0.3) is 11.5 Å². The highest BCUT2D eigenvalue weighted by atomic mass is 19.1. The highest BCUT2D eigenvalue weighted by Gasteiger charge is 2.35. The van der Waals surface area contributed by atoms with E-state index in [9.17, 15) is 14.0 Å². The van der Waals surface area contributed by atoms with Crippen LogP contribution in [0.25, 0.3) is 10.8 Å². The van der Waals surface area contributed by atoms with Gasteiger partial charge in [0.05, 0.1) is 17.0 Å². The van der Waals surface area contributed by atoms with E-state index < -0.39 is 11.4 Å². The van der Waals surface area contributed by atoms with Crippen LogP contribution < -0.4 is 10.9 Å². The molecule has 2 atom stereocenters. The van der Waals surface area contributed by atoms with E-state index >= 15 is 4.39 Å². The number of hydrogen-bond acceptors (Lipinski definition) is 3. The van der Waals surface area contributed by atoms with E-state index in [1.54, 1.807) is 23.6 Å². The van der Waals surface area contributed by atoms with Crippen LogP contribution in [0.2, 0.25) is 0 Å². The Morgan fingerprint density at radius 3 is 2.64 bits per heavy atom. The fourth-order valence-corrected chi connectivity index (χ4v) is 5.78. The Labute approximate surface area is 210 Å². The number of pyridine rings is 1. The average molecular weight is 494 g/mol. The number of fused-ring (bicyclic) bond motifs is 1. The Balaban J connectivity index is 1.57. The summed E-state index contributed by atoms with van der Waals surface area (Å²) in [5.74, 6) is -1.11. The Bertz CT molecular complexity index is 1350. The van der Waals surface area contributed by atoms with Crippen LogP contribution in [0.1, 0.15) is 66.7 Å². The van der Waals surface area contributed by atoms with Crippen molar-refractivity contribution in [1.82, 2.24) is 14.8 Å². The van der Waals surface area contributed by atoms with Crippen molar-refractivity contribution in [3.05, 3.63) is 81.3 Å². The second kappa shape index (κ2) is 10.1. The van der Waals surface area contributed by atoms with Gasteiger partial charge in [0.2, 0.25) is 0 Å². The third-order valence-electron chi connectivity index (χ3n) is 7.73. The first kappa shape index (κ1) is 24.6. The van der Waals surface area contributed by atoms with E-state index in [0.717, 1.165) is 45.2 Å². The van der Waals surface area contributed by atoms with Gasteiger partial charge in [-0.2, -0.15) is 0 Å². The second-order valence-electron chi connectivity index (χ2n) is 10.2. The molecule has 1 amide bonds. The molecule has 2 heterocycles. The summed E-state index contributed by atoms with van der Waals surface area (Å²) < 4.78 is 30.6. The quantitative estimate of drug-likeness (QED) is 0.461. The van der Waals surface area contributed by atoms with Crippen molar-refractivity contribution in [2.24, 2.45) is 5.92 Å². The Morgan fingerprint density at radius 1 is 1.14 bits per heavy atom. The number of halogens is 2. The zero-order valence-corrected chi connectivity index (χ0v) is 20.9. The molecule has 190 valence electrons. The molecule has 1 saturated heterocycles. The number of rotatable bonds is 8. The molecule has 1 saturated carbocycles. The highest BCUT2D eigenvalue weighted by molar-refractivity contribution is 6.08. The maximum Gasteiger partial charge on any atom is 0.261 e. The second-order valence-corrected chi connectivity index (χ2v) is 10.2. The Morgan fingerprint density at radius 2 is 1.92 bits per heavy atom. The van der Waals surface area contributed by atoms with Gasteiger partial charge in [-0.1, -0.05) is 31.2 Å². The number of aromatic nitrogens is 1. The zero-order chi connectivity index (χ0) is 25.4. The summed E-state index contributed by atoms with van der Waals surface area (Å²) in [4.78, 5) is 29.7. The largest absolute Gasteiger partial charge is 0.345 e. The lowest BCUT2D eigenvalue weighted by molar-refractivity contribution is 0.0931. The molecule has 7 heteroatoms. The van der Waals surface area contributed by atoms with Crippen molar-refractivity contribution >= 4 is 16.7 Å². The number of hydrogen-bond donors (Lipinski definition) is 1. The minimum atomic E-state index is -0.624. The number of carbonyl (C=O) groups is 1. The lowest BCUT2D eigenvalue weighted by Crippen LogP contribution is -2.39.